The van der Waals surface area contributed by atoms with Crippen LogP contribution in [0.5, 0.6) is 0 Å². The SMILES string of the molecule is [Ir].[c-]1coc(-c2ccccc2)c1-c1ncco1. The molecule has 0 unspecified atom stereocenters. The average Bonchev–Trinajstić information content (AvgIpc) is 3.01. The number of benzene rings is 1. The second-order valence-corrected chi connectivity index (χ2v) is 3.29. The predicted octanol–water partition coefficient (Wildman–Crippen LogP) is 3.40. The second kappa shape index (κ2) is 5.13. The first-order valence-electron chi connectivity index (χ1n) is 4.89. The maximum absolute atomic E-state index is 5.42. The standard InChI is InChI=1S/C13H8NO2.Ir/c1-2-4-10(5-3-1)12-11(6-8-15-12)13-14-7-9-16-13;/h1-5,7-9H;/q-1;. The Morgan fingerprint density at radius 3 is 2.59 bits per heavy atom. The van der Waals surface area contributed by atoms with Gasteiger partial charge in [0.2, 0.25) is 0 Å². The Hall–Kier alpha value is -1.64. The summed E-state index contributed by atoms with van der Waals surface area (Å²) in [7, 11) is 0. The van der Waals surface area contributed by atoms with Crippen molar-refractivity contribution in [2.24, 2.45) is 0 Å². The third-order valence-corrected chi connectivity index (χ3v) is 2.29. The molecule has 4 heteroatoms. The van der Waals surface area contributed by atoms with Crippen LogP contribution >= 0.6 is 0 Å². The van der Waals surface area contributed by atoms with Crippen LogP contribution < -0.4 is 0 Å². The van der Waals surface area contributed by atoms with Gasteiger partial charge in [0.1, 0.15) is 5.89 Å². The van der Waals surface area contributed by atoms with Crippen LogP contribution in [0.2, 0.25) is 0 Å². The number of hydrogen-bond acceptors (Lipinski definition) is 3. The van der Waals surface area contributed by atoms with Crippen molar-refractivity contribution in [1.82, 2.24) is 4.98 Å². The maximum atomic E-state index is 5.42. The van der Waals surface area contributed by atoms with E-state index in [4.69, 9.17) is 8.83 Å². The van der Waals surface area contributed by atoms with E-state index >= 15 is 0 Å². The summed E-state index contributed by atoms with van der Waals surface area (Å²) in [6.45, 7) is 0. The molecule has 0 spiro atoms. The van der Waals surface area contributed by atoms with Crippen LogP contribution in [-0.4, -0.2) is 4.98 Å². The summed E-state index contributed by atoms with van der Waals surface area (Å²) in [6, 6.07) is 12.8. The minimum absolute atomic E-state index is 0. The molecule has 2 heterocycles. The molecule has 0 saturated carbocycles. The molecule has 0 fully saturated rings. The molecular weight excluding hydrogens is 394 g/mol. The molecule has 0 aliphatic rings. The van der Waals surface area contributed by atoms with E-state index in [1.807, 2.05) is 30.3 Å². The molecular formula is C13H8IrNO2-. The molecule has 0 aliphatic heterocycles. The number of oxazole rings is 1. The van der Waals surface area contributed by atoms with E-state index < -0.39 is 0 Å². The molecule has 0 aliphatic carbocycles. The Labute approximate surface area is 112 Å². The summed E-state index contributed by atoms with van der Waals surface area (Å²) in [6.07, 6.45) is 4.65. The van der Waals surface area contributed by atoms with Gasteiger partial charge in [0.15, 0.2) is 0 Å². The van der Waals surface area contributed by atoms with Crippen molar-refractivity contribution in [2.75, 3.05) is 0 Å². The summed E-state index contributed by atoms with van der Waals surface area (Å²) in [5.74, 6) is 1.25. The first-order valence-corrected chi connectivity index (χ1v) is 4.89. The fourth-order valence-corrected chi connectivity index (χ4v) is 1.58. The Balaban J connectivity index is 0.00000108. The molecule has 17 heavy (non-hydrogen) atoms. The van der Waals surface area contributed by atoms with Gasteiger partial charge in [0.05, 0.1) is 6.26 Å². The van der Waals surface area contributed by atoms with E-state index in [9.17, 15) is 0 Å². The van der Waals surface area contributed by atoms with Gasteiger partial charge in [-0.2, -0.15) is 0 Å². The van der Waals surface area contributed by atoms with E-state index in [2.05, 4.69) is 11.1 Å². The van der Waals surface area contributed by atoms with Crippen LogP contribution in [0.25, 0.3) is 22.8 Å². The normalized spacial score (nSPS) is 9.88. The first kappa shape index (κ1) is 11.8. The van der Waals surface area contributed by atoms with Crippen molar-refractivity contribution in [3.63, 3.8) is 0 Å². The summed E-state index contributed by atoms with van der Waals surface area (Å²) in [4.78, 5) is 4.09. The Bertz CT molecular complexity index is 573. The maximum Gasteiger partial charge on any atom is 0.114 e. The molecule has 3 rings (SSSR count). The molecule has 0 amide bonds. The van der Waals surface area contributed by atoms with Gasteiger partial charge in [-0.05, 0) is 5.56 Å². The Kier molecular flexibility index (Phi) is 3.57. The van der Waals surface area contributed by atoms with Crippen LogP contribution in [0.3, 0.4) is 0 Å². The van der Waals surface area contributed by atoms with Gasteiger partial charge in [0.25, 0.3) is 0 Å². The zero-order valence-corrected chi connectivity index (χ0v) is 11.1. The van der Waals surface area contributed by atoms with Gasteiger partial charge in [0, 0.05) is 38.3 Å². The van der Waals surface area contributed by atoms with Crippen LogP contribution in [0, 0.1) is 6.07 Å². The van der Waals surface area contributed by atoms with E-state index in [0.717, 1.165) is 16.9 Å². The Morgan fingerprint density at radius 1 is 1.06 bits per heavy atom. The molecule has 0 bridgehead atoms. The number of aromatic nitrogens is 1. The number of nitrogens with zero attached hydrogens (tertiary/aromatic N) is 1. The quantitative estimate of drug-likeness (QED) is 0.617. The van der Waals surface area contributed by atoms with Gasteiger partial charge in [-0.1, -0.05) is 35.9 Å². The first-order chi connectivity index (χ1) is 7.95. The predicted molar refractivity (Wildman–Crippen MR) is 58.5 cm³/mol. The molecule has 3 aromatic rings. The van der Waals surface area contributed by atoms with Gasteiger partial charge in [-0.15, -0.1) is 6.07 Å². The minimum atomic E-state index is 0. The molecule has 87 valence electrons. The third kappa shape index (κ3) is 2.23. The van der Waals surface area contributed by atoms with E-state index in [1.54, 1.807) is 6.20 Å². The van der Waals surface area contributed by atoms with Crippen molar-refractivity contribution >= 4 is 0 Å². The van der Waals surface area contributed by atoms with Gasteiger partial charge < -0.3 is 8.83 Å². The molecule has 0 N–H and O–H groups in total. The number of hydrogen-bond donors (Lipinski definition) is 0. The van der Waals surface area contributed by atoms with Crippen LogP contribution in [0.15, 0.2) is 57.9 Å². The summed E-state index contributed by atoms with van der Waals surface area (Å²) in [5, 5.41) is 0. The number of rotatable bonds is 2. The largest absolute Gasteiger partial charge is 0.535 e. The fourth-order valence-electron chi connectivity index (χ4n) is 1.58. The van der Waals surface area contributed by atoms with Crippen molar-refractivity contribution in [3.05, 3.63) is 55.1 Å². The van der Waals surface area contributed by atoms with Crippen LogP contribution in [-0.2, 0) is 20.1 Å². The Morgan fingerprint density at radius 2 is 1.88 bits per heavy atom. The topological polar surface area (TPSA) is 39.2 Å². The van der Waals surface area contributed by atoms with Crippen molar-refractivity contribution in [3.8, 4) is 22.8 Å². The molecule has 2 aromatic heterocycles. The van der Waals surface area contributed by atoms with Crippen molar-refractivity contribution in [2.45, 2.75) is 0 Å². The van der Waals surface area contributed by atoms with Crippen LogP contribution in [0.4, 0.5) is 0 Å². The van der Waals surface area contributed by atoms with Gasteiger partial charge in [-0.25, -0.2) is 0 Å². The monoisotopic (exact) mass is 403 g/mol. The minimum Gasteiger partial charge on any atom is -0.535 e. The summed E-state index contributed by atoms with van der Waals surface area (Å²) >= 11 is 0. The molecule has 0 saturated heterocycles. The second-order valence-electron chi connectivity index (χ2n) is 3.29. The van der Waals surface area contributed by atoms with Crippen LogP contribution in [0.1, 0.15) is 0 Å². The van der Waals surface area contributed by atoms with Gasteiger partial charge in [-0.3, -0.25) is 4.98 Å². The smallest absolute Gasteiger partial charge is 0.114 e. The van der Waals surface area contributed by atoms with E-state index in [-0.39, 0.29) is 20.1 Å². The molecule has 1 aromatic carbocycles. The third-order valence-electron chi connectivity index (χ3n) is 2.29. The van der Waals surface area contributed by atoms with E-state index in [1.165, 1.54) is 12.5 Å². The summed E-state index contributed by atoms with van der Waals surface area (Å²) < 4.78 is 10.7. The number of furan rings is 1. The van der Waals surface area contributed by atoms with Crippen molar-refractivity contribution in [1.29, 1.82) is 0 Å². The summed E-state index contributed by atoms with van der Waals surface area (Å²) in [5.41, 5.74) is 1.73. The molecule has 0 atom stereocenters. The molecule has 3 nitrogen and oxygen atoms in total. The van der Waals surface area contributed by atoms with Crippen molar-refractivity contribution < 1.29 is 28.9 Å². The molecule has 1 radical (unpaired) electrons. The zero-order chi connectivity index (χ0) is 10.8. The fraction of sp³-hybridized carbons (Fsp3) is 0. The van der Waals surface area contributed by atoms with Gasteiger partial charge >= 0.3 is 0 Å². The zero-order valence-electron chi connectivity index (χ0n) is 8.72. The van der Waals surface area contributed by atoms with E-state index in [0.29, 0.717) is 5.89 Å². The average molecular weight is 402 g/mol.